The first-order valence-electron chi connectivity index (χ1n) is 7.74. The molecule has 0 radical (unpaired) electrons. The number of carbonyl (C=O) groups is 1. The van der Waals surface area contributed by atoms with Crippen LogP contribution in [0.3, 0.4) is 0 Å². The van der Waals surface area contributed by atoms with Gasteiger partial charge in [-0.3, -0.25) is 5.32 Å². The van der Waals surface area contributed by atoms with E-state index in [1.54, 1.807) is 0 Å². The lowest BCUT2D eigenvalue weighted by molar-refractivity contribution is -0.141. The highest BCUT2D eigenvalue weighted by Crippen LogP contribution is 2.40. The summed E-state index contributed by atoms with van der Waals surface area (Å²) in [6, 6.07) is 9.85. The fourth-order valence-corrected chi connectivity index (χ4v) is 3.65. The first kappa shape index (κ1) is 13.4. The van der Waals surface area contributed by atoms with Crippen LogP contribution in [-0.4, -0.2) is 22.3 Å². The first-order chi connectivity index (χ1) is 10.8. The molecule has 2 N–H and O–H groups in total. The van der Waals surface area contributed by atoms with E-state index in [2.05, 4.69) is 22.3 Å². The quantitative estimate of drug-likeness (QED) is 0.894. The van der Waals surface area contributed by atoms with Crippen molar-refractivity contribution in [2.75, 3.05) is 11.6 Å². The number of carboxylic acid groups (broad SMARTS) is 1. The zero-order chi connectivity index (χ0) is 15.1. The monoisotopic (exact) mass is 297 g/mol. The van der Waals surface area contributed by atoms with Crippen molar-refractivity contribution < 1.29 is 9.90 Å². The maximum Gasteiger partial charge on any atom is 0.326 e. The van der Waals surface area contributed by atoms with E-state index >= 15 is 0 Å². The number of anilines is 2. The zero-order valence-corrected chi connectivity index (χ0v) is 12.3. The van der Waals surface area contributed by atoms with Crippen molar-refractivity contribution in [3.8, 4) is 0 Å². The average Bonchev–Trinajstić information content (AvgIpc) is 2.94. The SMILES string of the molecule is O=C(O)C1CCCc2c3c(cn21)CNCN3c1ccccc1. The van der Waals surface area contributed by atoms with E-state index in [0.29, 0.717) is 6.42 Å². The third kappa shape index (κ3) is 2.01. The molecular formula is C17H19N3O2. The predicted molar refractivity (Wildman–Crippen MR) is 84.3 cm³/mol. The summed E-state index contributed by atoms with van der Waals surface area (Å²) in [5.74, 6) is -0.729. The van der Waals surface area contributed by atoms with Crippen LogP contribution in [0, 0.1) is 0 Å². The Bertz CT molecular complexity index is 708. The second kappa shape index (κ2) is 5.18. The molecule has 0 spiro atoms. The van der Waals surface area contributed by atoms with Gasteiger partial charge in [0.05, 0.1) is 12.4 Å². The number of rotatable bonds is 2. The van der Waals surface area contributed by atoms with Crippen LogP contribution in [0.1, 0.15) is 30.1 Å². The molecule has 0 fully saturated rings. The van der Waals surface area contributed by atoms with Gasteiger partial charge in [-0.15, -0.1) is 0 Å². The summed E-state index contributed by atoms with van der Waals surface area (Å²) in [6.45, 7) is 1.55. The number of fused-ring (bicyclic) bond motifs is 3. The maximum atomic E-state index is 11.5. The molecule has 1 unspecified atom stereocenters. The number of hydrogen-bond acceptors (Lipinski definition) is 3. The number of nitrogens with zero attached hydrogens (tertiary/aromatic N) is 2. The molecule has 5 nitrogen and oxygen atoms in total. The summed E-state index contributed by atoms with van der Waals surface area (Å²) in [5, 5.41) is 12.9. The Morgan fingerprint density at radius 2 is 2.09 bits per heavy atom. The highest BCUT2D eigenvalue weighted by atomic mass is 16.4. The van der Waals surface area contributed by atoms with Gasteiger partial charge in [0.1, 0.15) is 6.04 Å². The van der Waals surface area contributed by atoms with E-state index in [9.17, 15) is 9.90 Å². The lowest BCUT2D eigenvalue weighted by Gasteiger charge is -2.32. The van der Waals surface area contributed by atoms with Gasteiger partial charge in [0.15, 0.2) is 0 Å². The number of aliphatic carboxylic acids is 1. The van der Waals surface area contributed by atoms with Crippen LogP contribution in [0.4, 0.5) is 11.4 Å². The van der Waals surface area contributed by atoms with Gasteiger partial charge >= 0.3 is 5.97 Å². The molecule has 1 aromatic heterocycles. The normalized spacial score (nSPS) is 20.4. The molecule has 2 aliphatic rings. The molecule has 1 atom stereocenters. The van der Waals surface area contributed by atoms with Gasteiger partial charge in [-0.1, -0.05) is 18.2 Å². The minimum absolute atomic E-state index is 0.424. The lowest BCUT2D eigenvalue weighted by atomic mass is 10.0. The number of nitrogens with one attached hydrogen (secondary N) is 1. The van der Waals surface area contributed by atoms with Gasteiger partial charge in [-0.05, 0) is 31.4 Å². The van der Waals surface area contributed by atoms with E-state index in [1.807, 2.05) is 29.0 Å². The van der Waals surface area contributed by atoms with E-state index in [-0.39, 0.29) is 0 Å². The third-order valence-corrected chi connectivity index (χ3v) is 4.62. The molecule has 0 saturated carbocycles. The second-order valence-electron chi connectivity index (χ2n) is 5.95. The summed E-state index contributed by atoms with van der Waals surface area (Å²) in [5.41, 5.74) is 4.70. The average molecular weight is 297 g/mol. The van der Waals surface area contributed by atoms with E-state index in [1.165, 1.54) is 16.9 Å². The fourth-order valence-electron chi connectivity index (χ4n) is 3.65. The minimum atomic E-state index is -0.729. The molecule has 2 aromatic rings. The summed E-state index contributed by atoms with van der Waals surface area (Å²) in [4.78, 5) is 13.8. The van der Waals surface area contributed by atoms with Crippen molar-refractivity contribution in [2.45, 2.75) is 31.8 Å². The maximum absolute atomic E-state index is 11.5. The van der Waals surface area contributed by atoms with E-state index in [4.69, 9.17) is 0 Å². The van der Waals surface area contributed by atoms with Crippen molar-refractivity contribution in [1.29, 1.82) is 0 Å². The van der Waals surface area contributed by atoms with Crippen molar-refractivity contribution in [3.05, 3.63) is 47.8 Å². The first-order valence-corrected chi connectivity index (χ1v) is 7.74. The molecule has 2 aliphatic heterocycles. The van der Waals surface area contributed by atoms with Crippen LogP contribution < -0.4 is 10.2 Å². The van der Waals surface area contributed by atoms with Crippen LogP contribution >= 0.6 is 0 Å². The highest BCUT2D eigenvalue weighted by Gasteiger charge is 2.32. The number of para-hydroxylation sites is 1. The van der Waals surface area contributed by atoms with Crippen molar-refractivity contribution in [1.82, 2.24) is 9.88 Å². The highest BCUT2D eigenvalue weighted by molar-refractivity contribution is 5.75. The van der Waals surface area contributed by atoms with Gasteiger partial charge in [-0.25, -0.2) is 4.79 Å². The Morgan fingerprint density at radius 1 is 1.27 bits per heavy atom. The summed E-state index contributed by atoms with van der Waals surface area (Å²) in [7, 11) is 0. The van der Waals surface area contributed by atoms with Gasteiger partial charge in [-0.2, -0.15) is 0 Å². The predicted octanol–water partition coefficient (Wildman–Crippen LogP) is 2.65. The number of carboxylic acids is 1. The molecule has 0 aliphatic carbocycles. The Kier molecular flexibility index (Phi) is 3.15. The van der Waals surface area contributed by atoms with Gasteiger partial charge in [0.2, 0.25) is 0 Å². The van der Waals surface area contributed by atoms with Crippen LogP contribution in [0.15, 0.2) is 36.5 Å². The lowest BCUT2D eigenvalue weighted by Crippen LogP contribution is -2.35. The van der Waals surface area contributed by atoms with Crippen LogP contribution in [0.2, 0.25) is 0 Å². The largest absolute Gasteiger partial charge is 0.480 e. The van der Waals surface area contributed by atoms with E-state index in [0.717, 1.165) is 31.7 Å². The van der Waals surface area contributed by atoms with Gasteiger partial charge in [0.25, 0.3) is 0 Å². The summed E-state index contributed by atoms with van der Waals surface area (Å²) >= 11 is 0. The molecule has 0 bridgehead atoms. The van der Waals surface area contributed by atoms with Crippen LogP contribution in [-0.2, 0) is 17.8 Å². The minimum Gasteiger partial charge on any atom is -0.480 e. The van der Waals surface area contributed by atoms with Crippen LogP contribution in [0.25, 0.3) is 0 Å². The smallest absolute Gasteiger partial charge is 0.326 e. The van der Waals surface area contributed by atoms with Gasteiger partial charge < -0.3 is 14.6 Å². The topological polar surface area (TPSA) is 57.5 Å². The Morgan fingerprint density at radius 3 is 2.86 bits per heavy atom. The fraction of sp³-hybridized carbons (Fsp3) is 0.353. The molecular weight excluding hydrogens is 278 g/mol. The second-order valence-corrected chi connectivity index (χ2v) is 5.95. The summed E-state index contributed by atoms with van der Waals surface area (Å²) in [6.07, 6.45) is 4.63. The third-order valence-electron chi connectivity index (χ3n) is 4.62. The molecule has 114 valence electrons. The molecule has 1 aromatic carbocycles. The van der Waals surface area contributed by atoms with Crippen LogP contribution in [0.5, 0.6) is 0 Å². The standard InChI is InChI=1S/C17H19N3O2/c21-17(22)15-8-4-7-14-16-12(10-19(14)15)9-18-11-20(16)13-5-2-1-3-6-13/h1-3,5-6,10,15,18H,4,7-9,11H2,(H,21,22). The number of aromatic nitrogens is 1. The van der Waals surface area contributed by atoms with Crippen molar-refractivity contribution in [3.63, 3.8) is 0 Å². The summed E-state index contributed by atoms with van der Waals surface area (Å²) < 4.78 is 1.99. The Balaban J connectivity index is 1.84. The molecule has 22 heavy (non-hydrogen) atoms. The van der Waals surface area contributed by atoms with E-state index < -0.39 is 12.0 Å². The molecule has 0 amide bonds. The molecule has 3 heterocycles. The number of benzene rings is 1. The van der Waals surface area contributed by atoms with Crippen molar-refractivity contribution >= 4 is 17.3 Å². The van der Waals surface area contributed by atoms with Gasteiger partial charge in [0, 0.05) is 29.7 Å². The molecule has 5 heteroatoms. The molecule has 0 saturated heterocycles. The Labute approximate surface area is 129 Å². The number of hydrogen-bond donors (Lipinski definition) is 2. The molecule has 4 rings (SSSR count). The van der Waals surface area contributed by atoms with Crippen molar-refractivity contribution in [2.24, 2.45) is 0 Å². The Hall–Kier alpha value is -2.27. The zero-order valence-electron chi connectivity index (χ0n) is 12.3.